The molecule has 3 heterocycles. The Morgan fingerprint density at radius 1 is 1.23 bits per heavy atom. The molecule has 0 atom stereocenters. The van der Waals surface area contributed by atoms with Crippen molar-refractivity contribution in [2.75, 3.05) is 20.2 Å². The van der Waals surface area contributed by atoms with Gasteiger partial charge in [-0.25, -0.2) is 13.2 Å². The maximum absolute atomic E-state index is 12.9. The molecule has 0 unspecified atom stereocenters. The number of rotatable bonds is 5. The van der Waals surface area contributed by atoms with Crippen molar-refractivity contribution in [1.29, 1.82) is 0 Å². The number of aryl methyl sites for hydroxylation is 1. The van der Waals surface area contributed by atoms with E-state index in [-0.39, 0.29) is 15.9 Å². The summed E-state index contributed by atoms with van der Waals surface area (Å²) in [5.74, 6) is -0.211. The van der Waals surface area contributed by atoms with Gasteiger partial charge in [0.1, 0.15) is 15.9 Å². The molecule has 140 valence electrons. The number of nitrogens with zero attached hydrogens (tertiary/aromatic N) is 3. The molecule has 0 bridgehead atoms. The van der Waals surface area contributed by atoms with E-state index in [1.54, 1.807) is 11.4 Å². The lowest BCUT2D eigenvalue weighted by Gasteiger charge is -2.31. The van der Waals surface area contributed by atoms with Crippen LogP contribution in [0.4, 0.5) is 0 Å². The first-order chi connectivity index (χ1) is 12.4. The van der Waals surface area contributed by atoms with Crippen LogP contribution in [0.5, 0.6) is 5.88 Å². The number of hydrogen-bond donors (Lipinski definition) is 0. The van der Waals surface area contributed by atoms with E-state index in [1.807, 2.05) is 13.0 Å². The minimum Gasteiger partial charge on any atom is -0.473 e. The number of esters is 1. The molecule has 1 aliphatic rings. The van der Waals surface area contributed by atoms with Gasteiger partial charge in [0.25, 0.3) is 0 Å². The van der Waals surface area contributed by atoms with Gasteiger partial charge in [-0.1, -0.05) is 0 Å². The molecule has 3 rings (SSSR count). The van der Waals surface area contributed by atoms with E-state index in [1.165, 1.54) is 17.5 Å². The second kappa shape index (κ2) is 7.68. The smallest absolute Gasteiger partial charge is 0.349 e. The summed E-state index contributed by atoms with van der Waals surface area (Å²) in [6, 6.07) is 5.00. The third kappa shape index (κ3) is 3.87. The highest BCUT2D eigenvalue weighted by Crippen LogP contribution is 2.28. The van der Waals surface area contributed by atoms with E-state index in [2.05, 4.69) is 14.9 Å². The molecule has 1 fully saturated rings. The monoisotopic (exact) mass is 397 g/mol. The van der Waals surface area contributed by atoms with E-state index in [0.29, 0.717) is 31.8 Å². The summed E-state index contributed by atoms with van der Waals surface area (Å²) in [7, 11) is -2.52. The summed E-state index contributed by atoms with van der Waals surface area (Å²) in [5.41, 5.74) is 0.801. The molecular weight excluding hydrogens is 378 g/mol. The molecule has 1 aliphatic heterocycles. The number of piperidine rings is 1. The molecule has 0 N–H and O–H groups in total. The van der Waals surface area contributed by atoms with Crippen LogP contribution in [0.25, 0.3) is 0 Å². The molecule has 0 saturated carbocycles. The molecule has 2 aromatic rings. The van der Waals surface area contributed by atoms with Crippen molar-refractivity contribution in [3.63, 3.8) is 0 Å². The van der Waals surface area contributed by atoms with Crippen molar-refractivity contribution in [2.45, 2.75) is 30.8 Å². The maximum atomic E-state index is 12.9. The Morgan fingerprint density at radius 3 is 2.58 bits per heavy atom. The van der Waals surface area contributed by atoms with Gasteiger partial charge in [-0.05, 0) is 37.3 Å². The van der Waals surface area contributed by atoms with Gasteiger partial charge in [0.15, 0.2) is 0 Å². The fraction of sp³-hybridized carbons (Fsp3) is 0.438. The summed E-state index contributed by atoms with van der Waals surface area (Å²) in [5, 5.41) is 9.48. The van der Waals surface area contributed by atoms with Crippen LogP contribution in [0, 0.1) is 6.92 Å². The average Bonchev–Trinajstić information content (AvgIpc) is 3.14. The van der Waals surface area contributed by atoms with Crippen LogP contribution < -0.4 is 4.74 Å². The van der Waals surface area contributed by atoms with Crippen molar-refractivity contribution in [3.8, 4) is 5.88 Å². The molecule has 0 amide bonds. The van der Waals surface area contributed by atoms with Crippen LogP contribution in [0.2, 0.25) is 0 Å². The van der Waals surface area contributed by atoms with E-state index in [0.717, 1.165) is 17.0 Å². The molecule has 0 radical (unpaired) electrons. The SMILES string of the molecule is COC(=O)c1sccc1S(=O)(=O)N1CCC(Oc2ccc(C)nn2)CC1. The number of hydrogen-bond acceptors (Lipinski definition) is 8. The van der Waals surface area contributed by atoms with Gasteiger partial charge in [0.05, 0.1) is 12.8 Å². The first kappa shape index (κ1) is 18.7. The number of ether oxygens (including phenoxy) is 2. The minimum absolute atomic E-state index is 0.00174. The second-order valence-electron chi connectivity index (χ2n) is 5.84. The molecule has 10 heteroatoms. The number of sulfonamides is 1. The average molecular weight is 397 g/mol. The molecule has 0 aliphatic carbocycles. The second-order valence-corrected chi connectivity index (χ2v) is 8.66. The summed E-state index contributed by atoms with van der Waals surface area (Å²) < 4.78 is 37.5. The predicted molar refractivity (Wildman–Crippen MR) is 94.8 cm³/mol. The zero-order chi connectivity index (χ0) is 18.7. The van der Waals surface area contributed by atoms with E-state index >= 15 is 0 Å². The Kier molecular flexibility index (Phi) is 5.54. The van der Waals surface area contributed by atoms with Crippen LogP contribution in [0.15, 0.2) is 28.5 Å². The van der Waals surface area contributed by atoms with Crippen LogP contribution in [-0.2, 0) is 14.8 Å². The molecule has 1 saturated heterocycles. The summed E-state index contributed by atoms with van der Waals surface area (Å²) >= 11 is 1.06. The zero-order valence-electron chi connectivity index (χ0n) is 14.4. The van der Waals surface area contributed by atoms with Gasteiger partial charge in [0.2, 0.25) is 15.9 Å². The third-order valence-corrected chi connectivity index (χ3v) is 7.04. The normalized spacial score (nSPS) is 16.4. The van der Waals surface area contributed by atoms with Crippen molar-refractivity contribution in [2.24, 2.45) is 0 Å². The topological polar surface area (TPSA) is 98.7 Å². The lowest BCUT2D eigenvalue weighted by atomic mass is 10.1. The number of aromatic nitrogens is 2. The first-order valence-corrected chi connectivity index (χ1v) is 10.4. The molecule has 26 heavy (non-hydrogen) atoms. The van der Waals surface area contributed by atoms with Crippen molar-refractivity contribution < 1.29 is 22.7 Å². The highest BCUT2D eigenvalue weighted by Gasteiger charge is 2.34. The lowest BCUT2D eigenvalue weighted by Crippen LogP contribution is -2.42. The Hall–Kier alpha value is -2.04. The summed E-state index contributed by atoms with van der Waals surface area (Å²) in [4.78, 5) is 11.9. The van der Waals surface area contributed by atoms with Crippen LogP contribution in [0.3, 0.4) is 0 Å². The minimum atomic E-state index is -3.75. The highest BCUT2D eigenvalue weighted by atomic mass is 32.2. The van der Waals surface area contributed by atoms with Crippen LogP contribution in [0.1, 0.15) is 28.2 Å². The fourth-order valence-corrected chi connectivity index (χ4v) is 5.47. The predicted octanol–water partition coefficient (Wildman–Crippen LogP) is 1.87. The molecule has 8 nitrogen and oxygen atoms in total. The van der Waals surface area contributed by atoms with E-state index < -0.39 is 16.0 Å². The van der Waals surface area contributed by atoms with Crippen molar-refractivity contribution in [1.82, 2.24) is 14.5 Å². The van der Waals surface area contributed by atoms with Crippen LogP contribution in [-0.4, -0.2) is 55.2 Å². The van der Waals surface area contributed by atoms with E-state index in [9.17, 15) is 13.2 Å². The Bertz CT molecular complexity index is 872. The summed E-state index contributed by atoms with van der Waals surface area (Å²) in [6.07, 6.45) is 0.944. The molecule has 2 aromatic heterocycles. The molecule has 0 spiro atoms. The number of carbonyl (C=O) groups excluding carboxylic acids is 1. The Morgan fingerprint density at radius 2 is 1.96 bits per heavy atom. The third-order valence-electron chi connectivity index (χ3n) is 4.08. The van der Waals surface area contributed by atoms with Crippen molar-refractivity contribution in [3.05, 3.63) is 34.2 Å². The quantitative estimate of drug-likeness (QED) is 0.710. The lowest BCUT2D eigenvalue weighted by molar-refractivity contribution is 0.0602. The summed E-state index contributed by atoms with van der Waals surface area (Å²) in [6.45, 7) is 2.46. The number of methoxy groups -OCH3 is 1. The van der Waals surface area contributed by atoms with Crippen LogP contribution >= 0.6 is 11.3 Å². The highest BCUT2D eigenvalue weighted by molar-refractivity contribution is 7.89. The Labute approximate surface area is 155 Å². The van der Waals surface area contributed by atoms with Gasteiger partial charge < -0.3 is 9.47 Å². The van der Waals surface area contributed by atoms with Gasteiger partial charge in [-0.15, -0.1) is 16.4 Å². The maximum Gasteiger partial charge on any atom is 0.349 e. The Balaban J connectivity index is 1.66. The van der Waals surface area contributed by atoms with Gasteiger partial charge >= 0.3 is 5.97 Å². The number of thiophene rings is 1. The van der Waals surface area contributed by atoms with Gasteiger partial charge in [0, 0.05) is 19.2 Å². The standard InChI is InChI=1S/C16H19N3O5S2/c1-11-3-4-14(18-17-11)24-12-5-8-19(9-6-12)26(21,22)13-7-10-25-15(13)16(20)23-2/h3-4,7,10,12H,5-6,8-9H2,1-2H3. The largest absolute Gasteiger partial charge is 0.473 e. The van der Waals surface area contributed by atoms with Crippen molar-refractivity contribution >= 4 is 27.3 Å². The fourth-order valence-electron chi connectivity index (χ4n) is 2.69. The van der Waals surface area contributed by atoms with Gasteiger partial charge in [-0.3, -0.25) is 0 Å². The van der Waals surface area contributed by atoms with E-state index in [4.69, 9.17) is 4.74 Å². The zero-order valence-corrected chi connectivity index (χ0v) is 16.0. The molecular formula is C16H19N3O5S2. The molecule has 0 aromatic carbocycles. The van der Waals surface area contributed by atoms with Gasteiger partial charge in [-0.2, -0.15) is 9.40 Å². The first-order valence-electron chi connectivity index (χ1n) is 8.05. The number of carbonyl (C=O) groups is 1.